The zero-order valence-corrected chi connectivity index (χ0v) is 46.6. The van der Waals surface area contributed by atoms with Gasteiger partial charge in [-0.15, -0.1) is 0 Å². The summed E-state index contributed by atoms with van der Waals surface area (Å²) in [6.45, 7) is 15.0. The number of amides is 4. The molecule has 4 aliphatic heterocycles. The van der Waals surface area contributed by atoms with Crippen LogP contribution in [-0.4, -0.2) is 136 Å². The van der Waals surface area contributed by atoms with Crippen LogP contribution in [0.15, 0.2) is 65.8 Å². The molecular weight excluding hydrogens is 1040 g/mol. The number of hydrogen-bond donors (Lipinski definition) is 0. The molecule has 0 aromatic heterocycles. The van der Waals surface area contributed by atoms with E-state index in [1.54, 1.807) is 13.3 Å². The Morgan fingerprint density at radius 3 is 1.67 bits per heavy atom. The van der Waals surface area contributed by atoms with Crippen molar-refractivity contribution >= 4 is 66.6 Å². The first-order valence-electron chi connectivity index (χ1n) is 24.5. The summed E-state index contributed by atoms with van der Waals surface area (Å²) in [5, 5.41) is 0. The van der Waals surface area contributed by atoms with Crippen LogP contribution in [0.2, 0.25) is 51.4 Å². The average Bonchev–Trinajstić information content (AvgIpc) is 3.99. The molecule has 0 bridgehead atoms. The third-order valence-electron chi connectivity index (χ3n) is 13.2. The molecule has 3 aromatic rings. The van der Waals surface area contributed by atoms with Crippen molar-refractivity contribution in [1.82, 2.24) is 9.80 Å². The number of sulfone groups is 1. The van der Waals surface area contributed by atoms with Crippen molar-refractivity contribution in [2.45, 2.75) is 108 Å². The molecule has 18 nitrogen and oxygen atoms in total. The molecule has 0 fully saturated rings. The first-order valence-corrected chi connectivity index (χ1v) is 33.4. The fraction of sp³-hybridized carbons (Fsp3) is 0.490. The minimum Gasteiger partial charge on any atom is -0.497 e. The van der Waals surface area contributed by atoms with Crippen molar-refractivity contribution in [2.24, 2.45) is 0 Å². The quantitative estimate of drug-likeness (QED) is 0.0379. The summed E-state index contributed by atoms with van der Waals surface area (Å²) in [6.07, 6.45) is 1.66. The van der Waals surface area contributed by atoms with Gasteiger partial charge in [-0.25, -0.2) is 8.42 Å². The number of carbonyl (C=O) groups excluding carboxylic acids is 4. The van der Waals surface area contributed by atoms with Crippen LogP contribution in [0.3, 0.4) is 0 Å². The normalized spacial score (nSPS) is 18.4. The highest BCUT2D eigenvalue weighted by molar-refractivity contribution is 7.96. The van der Waals surface area contributed by atoms with E-state index in [-0.39, 0.29) is 84.2 Å². The summed E-state index contributed by atoms with van der Waals surface area (Å²) in [6, 6.07) is 12.2. The number of halogens is 3. The Morgan fingerprint density at radius 1 is 0.667 bits per heavy atom. The lowest BCUT2D eigenvalue weighted by atomic mass is 10.0. The Hall–Kier alpha value is -5.93. The highest BCUT2D eigenvalue weighted by Crippen LogP contribution is 2.45. The number of anilines is 2. The fourth-order valence-electron chi connectivity index (χ4n) is 8.73. The average molecular weight is 1100 g/mol. The van der Waals surface area contributed by atoms with E-state index in [4.69, 9.17) is 38.2 Å². The molecule has 0 saturated heterocycles. The largest absolute Gasteiger partial charge is 0.501 e. The van der Waals surface area contributed by atoms with Gasteiger partial charge in [-0.3, -0.25) is 29.0 Å². The summed E-state index contributed by atoms with van der Waals surface area (Å²) < 4.78 is 101. The molecule has 0 saturated carbocycles. The molecule has 1 unspecified atom stereocenters. The first kappa shape index (κ1) is 56.8. The van der Waals surface area contributed by atoms with Gasteiger partial charge < -0.3 is 43.1 Å². The van der Waals surface area contributed by atoms with Gasteiger partial charge in [0.1, 0.15) is 37.4 Å². The Balaban J connectivity index is 1.12. The summed E-state index contributed by atoms with van der Waals surface area (Å²) in [4.78, 5) is 72.7. The topological polar surface area (TPSA) is 189 Å². The standard InChI is InChI=1S/C51H65F3N4O14SSi2/c1-11-34(71-45-26-39-37(24-43(45)66-3)48(60)56-29-36(73(63,64)51(52,53)54)23-42(56)50(62)57(39)30-68-18-20-74(5,6)7)16-17-70-72-46-27-40-38(25-44(46)67-4)47(59)55-28-33(32-12-14-35(65-2)15-13-32)22-41(55)49(61)58(40)31-69-19-21-75(8,9)10/h12-15,24-29,34,41-42H,11,16-23,30-31H2,1-10H3/t34?,41-,42-/m0/s1. The Morgan fingerprint density at radius 2 is 1.17 bits per heavy atom. The maximum atomic E-state index is 14.6. The summed E-state index contributed by atoms with van der Waals surface area (Å²) in [5.41, 5.74) is -3.74. The third-order valence-corrected chi connectivity index (χ3v) is 18.2. The zero-order chi connectivity index (χ0) is 54.8. The Kier molecular flexibility index (Phi) is 17.2. The molecule has 0 aliphatic carbocycles. The van der Waals surface area contributed by atoms with Crippen LogP contribution in [0.5, 0.6) is 28.7 Å². The molecule has 0 spiro atoms. The van der Waals surface area contributed by atoms with Crippen molar-refractivity contribution in [3.05, 3.63) is 82.5 Å². The number of benzene rings is 3. The second kappa shape index (κ2) is 22.7. The number of nitrogens with zero attached hydrogens (tertiary/aromatic N) is 4. The molecule has 7 rings (SSSR count). The van der Waals surface area contributed by atoms with Crippen molar-refractivity contribution in [1.29, 1.82) is 0 Å². The maximum Gasteiger partial charge on any atom is 0.501 e. The molecule has 4 heterocycles. The van der Waals surface area contributed by atoms with Crippen molar-refractivity contribution in [3.63, 3.8) is 0 Å². The van der Waals surface area contributed by atoms with E-state index < -0.39 is 85.5 Å². The molecule has 4 amide bonds. The smallest absolute Gasteiger partial charge is 0.497 e. The lowest BCUT2D eigenvalue weighted by molar-refractivity contribution is -0.211. The van der Waals surface area contributed by atoms with Gasteiger partial charge in [-0.2, -0.15) is 18.1 Å². The maximum absolute atomic E-state index is 14.6. The van der Waals surface area contributed by atoms with Crippen molar-refractivity contribution in [2.75, 3.05) is 64.4 Å². The van der Waals surface area contributed by atoms with E-state index >= 15 is 0 Å². The molecule has 408 valence electrons. The molecule has 4 aliphatic rings. The Bertz CT molecular complexity index is 2840. The van der Waals surface area contributed by atoms with Gasteiger partial charge in [0.15, 0.2) is 17.2 Å². The Labute approximate surface area is 437 Å². The van der Waals surface area contributed by atoms with Gasteiger partial charge in [-0.05, 0) is 53.9 Å². The van der Waals surface area contributed by atoms with Crippen LogP contribution in [0, 0.1) is 0 Å². The predicted molar refractivity (Wildman–Crippen MR) is 278 cm³/mol. The van der Waals surface area contributed by atoms with Gasteiger partial charge in [0.25, 0.3) is 33.5 Å². The summed E-state index contributed by atoms with van der Waals surface area (Å²) in [5.74, 6) is -1.53. The number of alkyl halides is 3. The van der Waals surface area contributed by atoms with E-state index in [0.717, 1.165) is 22.1 Å². The third kappa shape index (κ3) is 12.5. The molecule has 0 N–H and O–H groups in total. The number of carbonyl (C=O) groups is 4. The highest BCUT2D eigenvalue weighted by atomic mass is 32.2. The van der Waals surface area contributed by atoms with Crippen LogP contribution in [0.25, 0.3) is 5.57 Å². The predicted octanol–water partition coefficient (Wildman–Crippen LogP) is 8.83. The first-order chi connectivity index (χ1) is 35.3. The van der Waals surface area contributed by atoms with Gasteiger partial charge in [0.05, 0.1) is 55.3 Å². The number of hydrogen-bond acceptors (Lipinski definition) is 14. The van der Waals surface area contributed by atoms with E-state index in [1.807, 2.05) is 31.2 Å². The fourth-order valence-corrected chi connectivity index (χ4v) is 11.2. The van der Waals surface area contributed by atoms with E-state index in [2.05, 4.69) is 39.3 Å². The van der Waals surface area contributed by atoms with Gasteiger partial charge in [0, 0.05) is 73.2 Å². The lowest BCUT2D eigenvalue weighted by Gasteiger charge is -2.27. The molecule has 24 heteroatoms. The summed E-state index contributed by atoms with van der Waals surface area (Å²) in [7, 11) is -4.68. The van der Waals surface area contributed by atoms with Crippen molar-refractivity contribution in [3.8, 4) is 28.7 Å². The second-order valence-electron chi connectivity index (χ2n) is 20.9. The monoisotopic (exact) mass is 1100 g/mol. The molecule has 75 heavy (non-hydrogen) atoms. The van der Waals surface area contributed by atoms with Crippen LogP contribution in [-0.2, 0) is 33.8 Å². The second-order valence-corrected chi connectivity index (χ2v) is 34.1. The van der Waals surface area contributed by atoms with Crippen LogP contribution < -0.4 is 33.6 Å². The minimum atomic E-state index is -5.86. The highest BCUT2D eigenvalue weighted by Gasteiger charge is 2.53. The summed E-state index contributed by atoms with van der Waals surface area (Å²) >= 11 is 0. The van der Waals surface area contributed by atoms with Gasteiger partial charge in [0.2, 0.25) is 5.75 Å². The van der Waals surface area contributed by atoms with E-state index in [9.17, 15) is 40.8 Å². The van der Waals surface area contributed by atoms with Gasteiger partial charge in [-0.1, -0.05) is 58.3 Å². The van der Waals surface area contributed by atoms with Crippen LogP contribution >= 0.6 is 0 Å². The molecular formula is C51H65F3N4O14SSi2. The molecule has 3 aromatic carbocycles. The molecule has 3 atom stereocenters. The van der Waals surface area contributed by atoms with Crippen LogP contribution in [0.4, 0.5) is 24.5 Å². The number of ether oxygens (including phenoxy) is 6. The van der Waals surface area contributed by atoms with E-state index in [1.165, 1.54) is 48.3 Å². The van der Waals surface area contributed by atoms with E-state index in [0.29, 0.717) is 35.9 Å². The minimum absolute atomic E-state index is 0.0168. The zero-order valence-electron chi connectivity index (χ0n) is 43.8. The SMILES string of the molecule is CCC(CCOOc1cc2c(cc1OC)C(=O)N1C=C(c3ccc(OC)cc3)C[C@H]1C(=O)N2COCC[Si](C)(C)C)Oc1cc2c(cc1OC)C(=O)N1C=C(S(=O)(=O)C(F)(F)F)C[C@H]1C(=O)N2COCC[Si](C)(C)C. The number of fused-ring (bicyclic) bond motifs is 4. The van der Waals surface area contributed by atoms with Crippen molar-refractivity contribution < 1.29 is 79.0 Å². The van der Waals surface area contributed by atoms with Gasteiger partial charge >= 0.3 is 5.51 Å². The molecule has 0 radical (unpaired) electrons. The number of methoxy groups -OCH3 is 3. The van der Waals surface area contributed by atoms with Crippen LogP contribution in [0.1, 0.15) is 58.9 Å². The lowest BCUT2D eigenvalue weighted by Crippen LogP contribution is -2.45. The number of rotatable bonds is 23.